The van der Waals surface area contributed by atoms with E-state index < -0.39 is 0 Å². The van der Waals surface area contributed by atoms with Crippen LogP contribution in [-0.2, 0) is 17.6 Å². The number of nitrogens with zero attached hydrogens (tertiary/aromatic N) is 2. The number of rotatable bonds is 8. The monoisotopic (exact) mass is 374 g/mol. The van der Waals surface area contributed by atoms with Crippen molar-refractivity contribution in [3.63, 3.8) is 0 Å². The van der Waals surface area contributed by atoms with Gasteiger partial charge in [-0.2, -0.15) is 0 Å². The molecule has 1 aromatic carbocycles. The molecule has 0 N–H and O–H groups in total. The highest BCUT2D eigenvalue weighted by Crippen LogP contribution is 2.13. The average Bonchev–Trinajstić information content (AvgIpc) is 2.59. The first kappa shape index (κ1) is 17.7. The number of amides is 1. The molecule has 0 aliphatic rings. The van der Waals surface area contributed by atoms with Crippen LogP contribution in [0.3, 0.4) is 0 Å². The molecule has 0 fully saturated rings. The summed E-state index contributed by atoms with van der Waals surface area (Å²) in [5.74, 6) is 0.219. The van der Waals surface area contributed by atoms with Crippen LogP contribution in [0.15, 0.2) is 53.1 Å². The predicted octanol–water partition coefficient (Wildman–Crippen LogP) is 4.26. The minimum Gasteiger partial charge on any atom is -0.345 e. The molecule has 0 unspecified atom stereocenters. The molecule has 3 nitrogen and oxygen atoms in total. The maximum atomic E-state index is 12.1. The molecule has 1 aromatic heterocycles. The van der Waals surface area contributed by atoms with Crippen molar-refractivity contribution >= 4 is 21.8 Å². The summed E-state index contributed by atoms with van der Waals surface area (Å²) in [7, 11) is 1.87. The van der Waals surface area contributed by atoms with Gasteiger partial charge in [0.25, 0.3) is 0 Å². The van der Waals surface area contributed by atoms with Crippen molar-refractivity contribution in [1.82, 2.24) is 9.88 Å². The minimum absolute atomic E-state index is 0.219. The van der Waals surface area contributed by atoms with Crippen molar-refractivity contribution in [2.45, 2.75) is 32.1 Å². The quantitative estimate of drug-likeness (QED) is 0.646. The number of likely N-dealkylation sites (N-methyl/N-ethyl adjacent to an activating group) is 1. The van der Waals surface area contributed by atoms with E-state index in [2.05, 4.69) is 45.2 Å². The molecule has 2 aromatic rings. The Labute approximate surface area is 146 Å². The number of unbranched alkanes of at least 4 members (excludes halogenated alkanes) is 1. The lowest BCUT2D eigenvalue weighted by Gasteiger charge is -2.16. The zero-order valence-electron chi connectivity index (χ0n) is 13.5. The van der Waals surface area contributed by atoms with E-state index in [1.54, 1.807) is 6.20 Å². The van der Waals surface area contributed by atoms with Gasteiger partial charge >= 0.3 is 0 Å². The number of carbonyl (C=O) groups is 1. The van der Waals surface area contributed by atoms with Gasteiger partial charge in [0.15, 0.2) is 0 Å². The highest BCUT2D eigenvalue weighted by Gasteiger charge is 2.08. The first-order valence-electron chi connectivity index (χ1n) is 8.03. The largest absolute Gasteiger partial charge is 0.345 e. The van der Waals surface area contributed by atoms with E-state index in [1.165, 1.54) is 5.56 Å². The van der Waals surface area contributed by atoms with Crippen molar-refractivity contribution in [3.05, 3.63) is 64.4 Å². The topological polar surface area (TPSA) is 33.2 Å². The second-order valence-corrected chi connectivity index (χ2v) is 6.64. The van der Waals surface area contributed by atoms with E-state index in [0.717, 1.165) is 42.4 Å². The zero-order chi connectivity index (χ0) is 16.5. The fraction of sp³-hybridized carbons (Fsp3) is 0.368. The maximum absolute atomic E-state index is 12.1. The summed E-state index contributed by atoms with van der Waals surface area (Å²) in [5.41, 5.74) is 2.35. The van der Waals surface area contributed by atoms with Gasteiger partial charge in [-0.05, 0) is 49.1 Å². The SMILES string of the molecule is CN(CCc1ccccn1)C(=O)CCCCc1ccc(Br)cc1. The number of hydrogen-bond acceptors (Lipinski definition) is 2. The molecule has 4 heteroatoms. The molecule has 0 aliphatic carbocycles. The summed E-state index contributed by atoms with van der Waals surface area (Å²) in [6.45, 7) is 0.725. The van der Waals surface area contributed by atoms with Crippen LogP contribution in [0.1, 0.15) is 30.5 Å². The van der Waals surface area contributed by atoms with Crippen LogP contribution in [-0.4, -0.2) is 29.4 Å². The Morgan fingerprint density at radius 3 is 2.57 bits per heavy atom. The van der Waals surface area contributed by atoms with E-state index in [1.807, 2.05) is 30.1 Å². The third-order valence-electron chi connectivity index (χ3n) is 3.87. The average molecular weight is 375 g/mol. The molecule has 0 aliphatic heterocycles. The Bertz CT molecular complexity index is 599. The Balaban J connectivity index is 1.63. The Hall–Kier alpha value is -1.68. The van der Waals surface area contributed by atoms with Gasteiger partial charge in [0, 0.05) is 42.8 Å². The van der Waals surface area contributed by atoms with Gasteiger partial charge in [-0.25, -0.2) is 0 Å². The molecule has 0 bridgehead atoms. The van der Waals surface area contributed by atoms with Crippen LogP contribution < -0.4 is 0 Å². The molecular weight excluding hydrogens is 352 g/mol. The number of halogens is 1. The van der Waals surface area contributed by atoms with E-state index in [0.29, 0.717) is 6.42 Å². The van der Waals surface area contributed by atoms with Gasteiger partial charge in [-0.15, -0.1) is 0 Å². The van der Waals surface area contributed by atoms with Crippen LogP contribution in [0, 0.1) is 0 Å². The number of hydrogen-bond donors (Lipinski definition) is 0. The highest BCUT2D eigenvalue weighted by molar-refractivity contribution is 9.10. The molecule has 23 heavy (non-hydrogen) atoms. The molecule has 1 amide bonds. The molecule has 2 rings (SSSR count). The zero-order valence-corrected chi connectivity index (χ0v) is 15.1. The van der Waals surface area contributed by atoms with Crippen LogP contribution in [0.2, 0.25) is 0 Å². The van der Waals surface area contributed by atoms with E-state index >= 15 is 0 Å². The summed E-state index contributed by atoms with van der Waals surface area (Å²) in [5, 5.41) is 0. The van der Waals surface area contributed by atoms with Gasteiger partial charge in [0.1, 0.15) is 0 Å². The number of aryl methyl sites for hydroxylation is 1. The Kier molecular flexibility index (Phi) is 7.27. The summed E-state index contributed by atoms with van der Waals surface area (Å²) >= 11 is 3.44. The molecule has 0 spiro atoms. The van der Waals surface area contributed by atoms with Crippen LogP contribution in [0.5, 0.6) is 0 Å². The first-order chi connectivity index (χ1) is 11.1. The lowest BCUT2D eigenvalue weighted by atomic mass is 10.1. The minimum atomic E-state index is 0.219. The van der Waals surface area contributed by atoms with Crippen LogP contribution >= 0.6 is 15.9 Å². The fourth-order valence-electron chi connectivity index (χ4n) is 2.40. The second kappa shape index (κ2) is 9.46. The molecule has 1 heterocycles. The molecule has 0 saturated carbocycles. The van der Waals surface area contributed by atoms with E-state index in [-0.39, 0.29) is 5.91 Å². The van der Waals surface area contributed by atoms with E-state index in [4.69, 9.17) is 0 Å². The van der Waals surface area contributed by atoms with Crippen LogP contribution in [0.4, 0.5) is 0 Å². The van der Waals surface area contributed by atoms with Crippen molar-refractivity contribution < 1.29 is 4.79 Å². The van der Waals surface area contributed by atoms with Crippen LogP contribution in [0.25, 0.3) is 0 Å². The number of benzene rings is 1. The fourth-order valence-corrected chi connectivity index (χ4v) is 2.66. The van der Waals surface area contributed by atoms with Crippen molar-refractivity contribution in [1.29, 1.82) is 0 Å². The Morgan fingerprint density at radius 1 is 1.09 bits per heavy atom. The first-order valence-corrected chi connectivity index (χ1v) is 8.83. The van der Waals surface area contributed by atoms with Gasteiger partial charge < -0.3 is 4.90 Å². The smallest absolute Gasteiger partial charge is 0.222 e. The molecular formula is C19H23BrN2O. The van der Waals surface area contributed by atoms with Crippen molar-refractivity contribution in [2.24, 2.45) is 0 Å². The molecule has 0 saturated heterocycles. The molecule has 0 radical (unpaired) electrons. The Morgan fingerprint density at radius 2 is 1.87 bits per heavy atom. The van der Waals surface area contributed by atoms with Gasteiger partial charge in [0.05, 0.1) is 0 Å². The number of aromatic nitrogens is 1. The number of pyridine rings is 1. The molecule has 122 valence electrons. The lowest BCUT2D eigenvalue weighted by molar-refractivity contribution is -0.130. The van der Waals surface area contributed by atoms with Gasteiger partial charge in [-0.3, -0.25) is 9.78 Å². The highest BCUT2D eigenvalue weighted by atomic mass is 79.9. The van der Waals surface area contributed by atoms with Gasteiger partial charge in [0.2, 0.25) is 5.91 Å². The van der Waals surface area contributed by atoms with Crippen molar-refractivity contribution in [2.75, 3.05) is 13.6 Å². The predicted molar refractivity (Wildman–Crippen MR) is 97.3 cm³/mol. The maximum Gasteiger partial charge on any atom is 0.222 e. The third kappa shape index (κ3) is 6.53. The summed E-state index contributed by atoms with van der Waals surface area (Å²) in [6, 6.07) is 14.3. The normalized spacial score (nSPS) is 10.5. The summed E-state index contributed by atoms with van der Waals surface area (Å²) in [6.07, 6.45) is 6.22. The standard InChI is InChI=1S/C19H23BrN2O/c1-22(15-13-18-7-4-5-14-21-18)19(23)8-3-2-6-16-9-11-17(20)12-10-16/h4-5,7,9-12,14H,2-3,6,8,13,15H2,1H3. The van der Waals surface area contributed by atoms with E-state index in [9.17, 15) is 4.79 Å². The lowest BCUT2D eigenvalue weighted by Crippen LogP contribution is -2.28. The third-order valence-corrected chi connectivity index (χ3v) is 4.40. The summed E-state index contributed by atoms with van der Waals surface area (Å²) < 4.78 is 1.10. The second-order valence-electron chi connectivity index (χ2n) is 5.72. The van der Waals surface area contributed by atoms with Crippen molar-refractivity contribution in [3.8, 4) is 0 Å². The molecule has 0 atom stereocenters. The number of carbonyl (C=O) groups excluding carboxylic acids is 1. The summed E-state index contributed by atoms with van der Waals surface area (Å²) in [4.78, 5) is 18.2. The van der Waals surface area contributed by atoms with Gasteiger partial charge in [-0.1, -0.05) is 34.1 Å².